The number of carbonyl (C=O) groups is 2. The Morgan fingerprint density at radius 3 is 2.49 bits per heavy atom. The Balaban J connectivity index is 1.51. The van der Waals surface area contributed by atoms with Crippen LogP contribution in [0.3, 0.4) is 0 Å². The molecule has 0 aliphatic heterocycles. The third-order valence-corrected chi connectivity index (χ3v) is 6.14. The summed E-state index contributed by atoms with van der Waals surface area (Å²) >= 11 is 6.01. The lowest BCUT2D eigenvalue weighted by Crippen LogP contribution is -2.47. The van der Waals surface area contributed by atoms with Crippen molar-refractivity contribution in [2.75, 3.05) is 26.9 Å². The quantitative estimate of drug-likeness (QED) is 0.140. The smallest absolute Gasteiger partial charge is 0.336 e. The Morgan fingerprint density at radius 1 is 1.02 bits per heavy atom. The first-order valence-corrected chi connectivity index (χ1v) is 12.8. The van der Waals surface area contributed by atoms with E-state index in [0.29, 0.717) is 21.7 Å². The van der Waals surface area contributed by atoms with E-state index in [1.54, 1.807) is 30.3 Å². The van der Waals surface area contributed by atoms with Gasteiger partial charge in [0.2, 0.25) is 5.76 Å². The maximum atomic E-state index is 14.3. The zero-order valence-corrected chi connectivity index (χ0v) is 22.6. The first-order valence-electron chi connectivity index (χ1n) is 12.4. The number of halogens is 3. The van der Waals surface area contributed by atoms with Gasteiger partial charge < -0.3 is 19.1 Å². The van der Waals surface area contributed by atoms with Crippen molar-refractivity contribution in [3.63, 3.8) is 0 Å². The second-order valence-electron chi connectivity index (χ2n) is 8.87. The summed E-state index contributed by atoms with van der Waals surface area (Å²) in [6.07, 6.45) is -1.62. The maximum absolute atomic E-state index is 14.3. The lowest BCUT2D eigenvalue weighted by atomic mass is 10.0. The average Bonchev–Trinajstić information content (AvgIpc) is 3.45. The largest absolute Gasteiger partial charge is 0.461 e. The van der Waals surface area contributed by atoms with E-state index in [0.717, 1.165) is 0 Å². The van der Waals surface area contributed by atoms with Crippen LogP contribution in [0.5, 0.6) is 0 Å². The molecule has 4 rings (SSSR count). The van der Waals surface area contributed by atoms with Gasteiger partial charge in [-0.25, -0.2) is 18.6 Å². The first-order chi connectivity index (χ1) is 19.7. The molecule has 9 nitrogen and oxygen atoms in total. The highest BCUT2D eigenvalue weighted by Gasteiger charge is 2.24. The molecule has 214 valence electrons. The summed E-state index contributed by atoms with van der Waals surface area (Å²) in [6, 6.07) is 18.1. The van der Waals surface area contributed by atoms with E-state index in [1.807, 2.05) is 0 Å². The molecule has 12 heteroatoms. The van der Waals surface area contributed by atoms with Crippen molar-refractivity contribution >= 4 is 23.5 Å². The maximum Gasteiger partial charge on any atom is 0.336 e. The number of carbonyl (C=O) groups excluding carboxylic acids is 2. The van der Waals surface area contributed by atoms with Crippen LogP contribution in [0.4, 0.5) is 8.78 Å². The zero-order valence-electron chi connectivity index (χ0n) is 21.9. The SMILES string of the molecule is COCCOC(=O)[C@H](O)CN(Cc1ccc(-c2cc(Cl)ccc2F)cc1)NC(=O)c1cc(-c2ccccc2F)no1. The van der Waals surface area contributed by atoms with Gasteiger partial charge >= 0.3 is 11.9 Å². The number of hydrogen-bond donors (Lipinski definition) is 2. The third-order valence-electron chi connectivity index (χ3n) is 5.91. The summed E-state index contributed by atoms with van der Waals surface area (Å²) in [7, 11) is 1.44. The molecule has 0 unspecified atom stereocenters. The summed E-state index contributed by atoms with van der Waals surface area (Å²) in [5, 5.41) is 15.9. The van der Waals surface area contributed by atoms with Gasteiger partial charge in [-0.2, -0.15) is 0 Å². The molecule has 0 spiro atoms. The van der Waals surface area contributed by atoms with Crippen LogP contribution in [0.2, 0.25) is 5.02 Å². The summed E-state index contributed by atoms with van der Waals surface area (Å²) in [6.45, 7) is -0.233. The van der Waals surface area contributed by atoms with Crippen LogP contribution in [0.15, 0.2) is 77.3 Å². The fourth-order valence-corrected chi connectivity index (χ4v) is 4.03. The van der Waals surface area contributed by atoms with Gasteiger partial charge in [0.15, 0.2) is 6.10 Å². The molecule has 0 aliphatic carbocycles. The fraction of sp³-hybridized carbons (Fsp3) is 0.207. The molecule has 0 aliphatic rings. The van der Waals surface area contributed by atoms with Gasteiger partial charge in [0.25, 0.3) is 0 Å². The molecule has 41 heavy (non-hydrogen) atoms. The molecule has 0 saturated heterocycles. The lowest BCUT2D eigenvalue weighted by molar-refractivity contribution is -0.156. The Morgan fingerprint density at radius 2 is 1.76 bits per heavy atom. The number of ether oxygens (including phenoxy) is 2. The number of nitrogens with zero attached hydrogens (tertiary/aromatic N) is 2. The molecule has 3 aromatic carbocycles. The molecule has 0 radical (unpaired) electrons. The molecule has 1 aromatic heterocycles. The van der Waals surface area contributed by atoms with Crippen molar-refractivity contribution in [2.45, 2.75) is 12.6 Å². The van der Waals surface area contributed by atoms with Gasteiger partial charge in [-0.15, -0.1) is 0 Å². The first kappa shape index (κ1) is 29.8. The van der Waals surface area contributed by atoms with Gasteiger partial charge in [-0.05, 0) is 41.5 Å². The number of aromatic nitrogens is 1. The average molecular weight is 586 g/mol. The van der Waals surface area contributed by atoms with Crippen molar-refractivity contribution < 1.29 is 37.5 Å². The molecular weight excluding hydrogens is 560 g/mol. The predicted molar refractivity (Wildman–Crippen MR) is 145 cm³/mol. The second kappa shape index (κ2) is 14.0. The second-order valence-corrected chi connectivity index (χ2v) is 9.31. The normalized spacial score (nSPS) is 11.9. The number of aliphatic hydroxyl groups excluding tert-OH is 1. The van der Waals surface area contributed by atoms with E-state index in [2.05, 4.69) is 10.6 Å². The summed E-state index contributed by atoms with van der Waals surface area (Å²) in [5.41, 5.74) is 4.39. The number of esters is 1. The molecule has 0 bridgehead atoms. The highest BCUT2D eigenvalue weighted by Crippen LogP contribution is 2.27. The van der Waals surface area contributed by atoms with Crippen molar-refractivity contribution in [3.05, 3.63) is 101 Å². The Kier molecular flexibility index (Phi) is 10.1. The van der Waals surface area contributed by atoms with Gasteiger partial charge in [-0.3, -0.25) is 10.2 Å². The standard InChI is InChI=1S/C29H26ClF2N3O6/c1-39-12-13-40-29(38)26(36)17-35(16-18-6-8-19(9-7-18)22-14-20(30)10-11-24(22)32)33-28(37)27-15-25(34-41-27)21-4-2-3-5-23(21)31/h2-11,14-15,26,36H,12-13,16-17H2,1H3,(H,33,37)/t26-/m1/s1. The summed E-state index contributed by atoms with van der Waals surface area (Å²) in [4.78, 5) is 25.2. The topological polar surface area (TPSA) is 114 Å². The van der Waals surface area contributed by atoms with E-state index in [1.165, 1.54) is 54.6 Å². The lowest BCUT2D eigenvalue weighted by Gasteiger charge is -2.24. The van der Waals surface area contributed by atoms with Crippen LogP contribution >= 0.6 is 11.6 Å². The van der Waals surface area contributed by atoms with Gasteiger partial charge in [0.1, 0.15) is 23.9 Å². The minimum Gasteiger partial charge on any atom is -0.461 e. The monoisotopic (exact) mass is 585 g/mol. The van der Waals surface area contributed by atoms with E-state index >= 15 is 0 Å². The van der Waals surface area contributed by atoms with Crippen molar-refractivity contribution in [3.8, 4) is 22.4 Å². The number of methoxy groups -OCH3 is 1. The number of hydrogen-bond acceptors (Lipinski definition) is 8. The minimum absolute atomic E-state index is 0.0285. The van der Waals surface area contributed by atoms with Crippen LogP contribution in [-0.2, 0) is 20.8 Å². The zero-order chi connectivity index (χ0) is 29.4. The Hall–Kier alpha value is -4.16. The highest BCUT2D eigenvalue weighted by molar-refractivity contribution is 6.30. The van der Waals surface area contributed by atoms with Crippen LogP contribution in [0.1, 0.15) is 16.1 Å². The molecule has 1 amide bonds. The van der Waals surface area contributed by atoms with Crippen molar-refractivity contribution in [2.24, 2.45) is 0 Å². The number of aliphatic hydroxyl groups is 1. The molecule has 0 fully saturated rings. The van der Waals surface area contributed by atoms with E-state index in [4.69, 9.17) is 25.6 Å². The number of rotatable bonds is 12. The number of nitrogens with one attached hydrogen (secondary N) is 1. The molecule has 2 N–H and O–H groups in total. The van der Waals surface area contributed by atoms with E-state index in [-0.39, 0.29) is 43.3 Å². The number of amides is 1. The van der Waals surface area contributed by atoms with Gasteiger partial charge in [0.05, 0.1) is 13.2 Å². The van der Waals surface area contributed by atoms with Crippen molar-refractivity contribution in [1.82, 2.24) is 15.6 Å². The molecule has 0 saturated carbocycles. The highest BCUT2D eigenvalue weighted by atomic mass is 35.5. The third kappa shape index (κ3) is 7.95. The minimum atomic E-state index is -1.62. The van der Waals surface area contributed by atoms with Crippen LogP contribution < -0.4 is 5.43 Å². The number of benzene rings is 3. The van der Waals surface area contributed by atoms with Crippen LogP contribution in [-0.4, -0.2) is 60.1 Å². The predicted octanol–water partition coefficient (Wildman–Crippen LogP) is 4.64. The number of hydrazine groups is 1. The van der Waals surface area contributed by atoms with Crippen LogP contribution in [0, 0.1) is 11.6 Å². The summed E-state index contributed by atoms with van der Waals surface area (Å²) in [5.74, 6) is -2.86. The molecule has 4 aromatic rings. The molecular formula is C29H26ClF2N3O6. The van der Waals surface area contributed by atoms with E-state index in [9.17, 15) is 23.5 Å². The molecule has 1 atom stereocenters. The Bertz CT molecular complexity index is 1500. The molecule has 1 heterocycles. The van der Waals surface area contributed by atoms with Crippen LogP contribution in [0.25, 0.3) is 22.4 Å². The van der Waals surface area contributed by atoms with Crippen molar-refractivity contribution in [1.29, 1.82) is 0 Å². The van der Waals surface area contributed by atoms with Gasteiger partial charge in [0, 0.05) is 35.9 Å². The summed E-state index contributed by atoms with van der Waals surface area (Å²) < 4.78 is 43.4. The fourth-order valence-electron chi connectivity index (χ4n) is 3.86. The van der Waals surface area contributed by atoms with E-state index < -0.39 is 29.6 Å². The van der Waals surface area contributed by atoms with Gasteiger partial charge in [-0.1, -0.05) is 53.2 Å². The Labute approximate surface area is 239 Å².